The highest BCUT2D eigenvalue weighted by molar-refractivity contribution is 4.36. The third-order valence-electron chi connectivity index (χ3n) is 1.24. The highest BCUT2D eigenvalue weighted by Crippen LogP contribution is 1.90. The molecule has 0 saturated heterocycles. The maximum Gasteiger partial charge on any atom is 0.0675 e. The average Bonchev–Trinajstić information content (AvgIpc) is 2.08. The second kappa shape index (κ2) is 12.0. The Bertz CT molecular complexity index is 96.7. The molecular formula is C12H30NO2+. The quantitative estimate of drug-likeness (QED) is 0.483. The van der Waals surface area contributed by atoms with Crippen LogP contribution in [0.25, 0.3) is 0 Å². The predicted octanol–water partition coefficient (Wildman–Crippen LogP) is 2.16. The molecule has 0 aliphatic carbocycles. The van der Waals surface area contributed by atoms with Crippen molar-refractivity contribution >= 4 is 0 Å². The van der Waals surface area contributed by atoms with E-state index in [1.807, 2.05) is 13.8 Å². The molecule has 0 aromatic carbocycles. The first-order valence-electron chi connectivity index (χ1n) is 5.86. The van der Waals surface area contributed by atoms with E-state index in [0.717, 1.165) is 43.8 Å². The number of nitrogens with zero attached hydrogens (tertiary/aromatic N) is 1. The van der Waals surface area contributed by atoms with Crippen molar-refractivity contribution in [3.05, 3.63) is 0 Å². The van der Waals surface area contributed by atoms with Gasteiger partial charge in [-0.3, -0.25) is 0 Å². The van der Waals surface area contributed by atoms with Gasteiger partial charge in [-0.15, -0.1) is 0 Å². The normalized spacial score (nSPS) is 10.8. The summed E-state index contributed by atoms with van der Waals surface area (Å²) in [5, 5.41) is 0. The van der Waals surface area contributed by atoms with Crippen molar-refractivity contribution in [2.45, 2.75) is 26.7 Å². The Kier molecular flexibility index (Phi) is 13.8. The zero-order valence-electron chi connectivity index (χ0n) is 11.5. The fourth-order valence-electron chi connectivity index (χ4n) is 0.697. The van der Waals surface area contributed by atoms with Gasteiger partial charge in [0.2, 0.25) is 0 Å². The molecule has 15 heavy (non-hydrogen) atoms. The molecule has 0 fully saturated rings. The van der Waals surface area contributed by atoms with Crippen molar-refractivity contribution in [1.29, 1.82) is 0 Å². The Balaban J connectivity index is 0. The number of ether oxygens (including phenoxy) is 2. The van der Waals surface area contributed by atoms with Gasteiger partial charge < -0.3 is 14.0 Å². The summed E-state index contributed by atoms with van der Waals surface area (Å²) in [6.07, 6.45) is 2.24. The van der Waals surface area contributed by atoms with Crippen LogP contribution in [-0.4, -0.2) is 59.1 Å². The van der Waals surface area contributed by atoms with Crippen LogP contribution in [-0.2, 0) is 9.47 Å². The minimum Gasteiger partial charge on any atom is -0.382 e. The Labute approximate surface area is 96.0 Å². The Morgan fingerprint density at radius 1 is 0.733 bits per heavy atom. The zero-order chi connectivity index (χ0) is 12.2. The van der Waals surface area contributed by atoms with Gasteiger partial charge in [0.05, 0.1) is 28.2 Å². The molecular weight excluding hydrogens is 190 g/mol. The Hall–Kier alpha value is -0.120. The summed E-state index contributed by atoms with van der Waals surface area (Å²) in [7, 11) is 8.50. The topological polar surface area (TPSA) is 18.5 Å². The molecule has 0 amide bonds. The summed E-state index contributed by atoms with van der Waals surface area (Å²) in [5.74, 6) is 0. The molecule has 0 spiro atoms. The van der Waals surface area contributed by atoms with Gasteiger partial charge in [0, 0.05) is 26.4 Å². The van der Waals surface area contributed by atoms with Crippen LogP contribution in [0.5, 0.6) is 0 Å². The van der Waals surface area contributed by atoms with E-state index in [9.17, 15) is 0 Å². The van der Waals surface area contributed by atoms with E-state index >= 15 is 0 Å². The minimum atomic E-state index is 0.828. The average molecular weight is 220 g/mol. The van der Waals surface area contributed by atoms with Crippen molar-refractivity contribution in [3.8, 4) is 0 Å². The molecule has 94 valence electrons. The van der Waals surface area contributed by atoms with Gasteiger partial charge in [0.1, 0.15) is 0 Å². The third kappa shape index (κ3) is 41.4. The maximum atomic E-state index is 5.16. The first-order chi connectivity index (χ1) is 6.91. The SMILES string of the molecule is CCOCCCCOCC.C[N+](C)(C)C. The van der Waals surface area contributed by atoms with Crippen LogP contribution >= 0.6 is 0 Å². The first kappa shape index (κ1) is 17.3. The van der Waals surface area contributed by atoms with Gasteiger partial charge in [0.25, 0.3) is 0 Å². The van der Waals surface area contributed by atoms with Crippen LogP contribution in [0.1, 0.15) is 26.7 Å². The van der Waals surface area contributed by atoms with Crippen LogP contribution in [0.3, 0.4) is 0 Å². The smallest absolute Gasteiger partial charge is 0.0675 e. The molecule has 0 N–H and O–H groups in total. The van der Waals surface area contributed by atoms with E-state index in [4.69, 9.17) is 9.47 Å². The highest BCUT2D eigenvalue weighted by atomic mass is 16.5. The predicted molar refractivity (Wildman–Crippen MR) is 66.2 cm³/mol. The van der Waals surface area contributed by atoms with Crippen LogP contribution in [0.2, 0.25) is 0 Å². The van der Waals surface area contributed by atoms with Crippen molar-refractivity contribution in [2.24, 2.45) is 0 Å². The minimum absolute atomic E-state index is 0.828. The summed E-state index contributed by atoms with van der Waals surface area (Å²) in [5.41, 5.74) is 0. The molecule has 0 bridgehead atoms. The summed E-state index contributed by atoms with van der Waals surface area (Å²) in [4.78, 5) is 0. The van der Waals surface area contributed by atoms with Crippen LogP contribution < -0.4 is 0 Å². The number of rotatable bonds is 7. The van der Waals surface area contributed by atoms with Gasteiger partial charge in [-0.25, -0.2) is 0 Å². The molecule has 0 aromatic heterocycles. The fourth-order valence-corrected chi connectivity index (χ4v) is 0.697. The largest absolute Gasteiger partial charge is 0.382 e. The van der Waals surface area contributed by atoms with Gasteiger partial charge in [-0.05, 0) is 26.7 Å². The molecule has 0 heterocycles. The lowest BCUT2D eigenvalue weighted by Gasteiger charge is -2.14. The van der Waals surface area contributed by atoms with Crippen LogP contribution in [0.4, 0.5) is 0 Å². The van der Waals surface area contributed by atoms with Gasteiger partial charge >= 0.3 is 0 Å². The summed E-state index contributed by atoms with van der Waals surface area (Å²) in [6, 6.07) is 0. The number of quaternary nitrogens is 1. The van der Waals surface area contributed by atoms with Crippen LogP contribution in [0, 0.1) is 0 Å². The molecule has 0 aliphatic heterocycles. The standard InChI is InChI=1S/C8H18O2.C4H12N/c1-3-9-7-5-6-8-10-4-2;1-5(2,3)4/h3-8H2,1-2H3;1-4H3/q;+1. The molecule has 0 rings (SSSR count). The van der Waals surface area contributed by atoms with E-state index in [1.54, 1.807) is 0 Å². The molecule has 0 aromatic rings. The molecule has 0 radical (unpaired) electrons. The fraction of sp³-hybridized carbons (Fsp3) is 1.00. The van der Waals surface area contributed by atoms with Gasteiger partial charge in [-0.1, -0.05) is 0 Å². The third-order valence-corrected chi connectivity index (χ3v) is 1.24. The zero-order valence-corrected chi connectivity index (χ0v) is 11.5. The summed E-state index contributed by atoms with van der Waals surface area (Å²) < 4.78 is 11.3. The van der Waals surface area contributed by atoms with Crippen molar-refractivity contribution in [3.63, 3.8) is 0 Å². The highest BCUT2D eigenvalue weighted by Gasteiger charge is 1.88. The van der Waals surface area contributed by atoms with E-state index in [2.05, 4.69) is 28.2 Å². The molecule has 3 nitrogen and oxygen atoms in total. The molecule has 0 unspecified atom stereocenters. The van der Waals surface area contributed by atoms with Gasteiger partial charge in [-0.2, -0.15) is 0 Å². The van der Waals surface area contributed by atoms with E-state index in [0.29, 0.717) is 0 Å². The summed E-state index contributed by atoms with van der Waals surface area (Å²) >= 11 is 0. The molecule has 0 aliphatic rings. The summed E-state index contributed by atoms with van der Waals surface area (Å²) in [6.45, 7) is 7.45. The molecule has 0 saturated carbocycles. The van der Waals surface area contributed by atoms with Gasteiger partial charge in [0.15, 0.2) is 0 Å². The second-order valence-electron chi connectivity index (χ2n) is 4.78. The first-order valence-corrected chi connectivity index (χ1v) is 5.86. The van der Waals surface area contributed by atoms with Crippen LogP contribution in [0.15, 0.2) is 0 Å². The molecule has 3 heteroatoms. The number of hydrogen-bond acceptors (Lipinski definition) is 2. The van der Waals surface area contributed by atoms with E-state index < -0.39 is 0 Å². The lowest BCUT2D eigenvalue weighted by molar-refractivity contribution is -0.849. The van der Waals surface area contributed by atoms with E-state index in [-0.39, 0.29) is 0 Å². The van der Waals surface area contributed by atoms with Crippen molar-refractivity contribution in [2.75, 3.05) is 54.6 Å². The second-order valence-corrected chi connectivity index (χ2v) is 4.78. The Morgan fingerprint density at radius 2 is 1.00 bits per heavy atom. The lowest BCUT2D eigenvalue weighted by atomic mass is 10.3. The van der Waals surface area contributed by atoms with Crippen molar-refractivity contribution < 1.29 is 14.0 Å². The maximum absolute atomic E-state index is 5.16. The van der Waals surface area contributed by atoms with Crippen molar-refractivity contribution in [1.82, 2.24) is 0 Å². The lowest BCUT2D eigenvalue weighted by Crippen LogP contribution is -2.27. The Morgan fingerprint density at radius 3 is 1.20 bits per heavy atom. The molecule has 0 atom stereocenters. The van der Waals surface area contributed by atoms with E-state index in [1.165, 1.54) is 0 Å². The number of unbranched alkanes of at least 4 members (excludes halogenated alkanes) is 1. The monoisotopic (exact) mass is 220 g/mol. The number of hydrogen-bond donors (Lipinski definition) is 0.